The highest BCUT2D eigenvalue weighted by atomic mass is 35.5. The highest BCUT2D eigenvalue weighted by Gasteiger charge is 2.12. The molecule has 90 valence electrons. The Hall–Kier alpha value is -0.570. The summed E-state index contributed by atoms with van der Waals surface area (Å²) in [5, 5.41) is 13.6. The van der Waals surface area contributed by atoms with Crippen molar-refractivity contribution in [2.45, 2.75) is 39.8 Å². The molecule has 0 bridgehead atoms. The second-order valence-electron chi connectivity index (χ2n) is 4.93. The number of benzene rings is 1. The molecular weight excluding hydrogens is 222 g/mol. The van der Waals surface area contributed by atoms with E-state index in [1.54, 1.807) is 13.8 Å². The Morgan fingerprint density at radius 3 is 2.19 bits per heavy atom. The maximum absolute atomic E-state index is 9.59. The van der Waals surface area contributed by atoms with Gasteiger partial charge in [0.1, 0.15) is 0 Å². The minimum absolute atomic E-state index is 0.578. The first kappa shape index (κ1) is 13.5. The van der Waals surface area contributed by atoms with Gasteiger partial charge in [-0.1, -0.05) is 11.6 Å². The zero-order valence-electron chi connectivity index (χ0n) is 10.4. The Bertz CT molecular complexity index is 346. The SMILES string of the molecule is Cc1cc(Cl)cc(C)c1CNCC(C)(C)O. The van der Waals surface area contributed by atoms with E-state index in [-0.39, 0.29) is 0 Å². The van der Waals surface area contributed by atoms with Crippen LogP contribution in [0.3, 0.4) is 0 Å². The molecule has 0 amide bonds. The van der Waals surface area contributed by atoms with Gasteiger partial charge in [0, 0.05) is 18.1 Å². The van der Waals surface area contributed by atoms with Crippen LogP contribution in [0.15, 0.2) is 12.1 Å². The maximum Gasteiger partial charge on any atom is 0.0715 e. The predicted octanol–water partition coefficient (Wildman–Crippen LogP) is 2.82. The molecule has 16 heavy (non-hydrogen) atoms. The summed E-state index contributed by atoms with van der Waals surface area (Å²) in [5.41, 5.74) is 2.96. The fourth-order valence-corrected chi connectivity index (χ4v) is 2.04. The van der Waals surface area contributed by atoms with Crippen LogP contribution in [-0.4, -0.2) is 17.3 Å². The van der Waals surface area contributed by atoms with Gasteiger partial charge in [0.25, 0.3) is 0 Å². The molecule has 0 aromatic heterocycles. The third kappa shape index (κ3) is 4.12. The topological polar surface area (TPSA) is 32.3 Å². The Labute approximate surface area is 103 Å². The second kappa shape index (κ2) is 5.17. The molecule has 2 N–H and O–H groups in total. The standard InChI is InChI=1S/C13H20ClNO/c1-9-5-11(14)6-10(2)12(9)7-15-8-13(3,4)16/h5-6,15-16H,7-8H2,1-4H3. The van der Waals surface area contributed by atoms with Gasteiger partial charge in [-0.15, -0.1) is 0 Å². The Morgan fingerprint density at radius 1 is 1.25 bits per heavy atom. The molecule has 0 heterocycles. The average Bonchev–Trinajstić information content (AvgIpc) is 2.07. The van der Waals surface area contributed by atoms with E-state index in [0.717, 1.165) is 11.6 Å². The smallest absolute Gasteiger partial charge is 0.0715 e. The number of hydrogen-bond donors (Lipinski definition) is 2. The molecule has 1 aromatic carbocycles. The van der Waals surface area contributed by atoms with Crippen LogP contribution in [0, 0.1) is 13.8 Å². The van der Waals surface area contributed by atoms with Gasteiger partial charge in [0.15, 0.2) is 0 Å². The van der Waals surface area contributed by atoms with E-state index in [1.165, 1.54) is 16.7 Å². The number of rotatable bonds is 4. The van der Waals surface area contributed by atoms with Gasteiger partial charge < -0.3 is 10.4 Å². The van der Waals surface area contributed by atoms with Gasteiger partial charge in [0.2, 0.25) is 0 Å². The van der Waals surface area contributed by atoms with Crippen molar-refractivity contribution in [3.8, 4) is 0 Å². The summed E-state index contributed by atoms with van der Waals surface area (Å²) in [6.07, 6.45) is 0. The normalized spacial score (nSPS) is 11.9. The van der Waals surface area contributed by atoms with E-state index in [2.05, 4.69) is 19.2 Å². The number of halogens is 1. The molecule has 0 saturated heterocycles. The lowest BCUT2D eigenvalue weighted by Gasteiger charge is -2.19. The monoisotopic (exact) mass is 241 g/mol. The average molecular weight is 242 g/mol. The molecule has 0 saturated carbocycles. The lowest BCUT2D eigenvalue weighted by molar-refractivity contribution is 0.0794. The highest BCUT2D eigenvalue weighted by molar-refractivity contribution is 6.30. The molecule has 0 aliphatic heterocycles. The molecule has 0 aliphatic rings. The molecule has 1 aromatic rings. The van der Waals surface area contributed by atoms with E-state index in [9.17, 15) is 5.11 Å². The van der Waals surface area contributed by atoms with Crippen LogP contribution in [-0.2, 0) is 6.54 Å². The Balaban J connectivity index is 2.68. The number of aliphatic hydroxyl groups is 1. The molecule has 0 radical (unpaired) electrons. The van der Waals surface area contributed by atoms with Crippen molar-refractivity contribution in [1.29, 1.82) is 0 Å². The third-order valence-electron chi connectivity index (χ3n) is 2.52. The van der Waals surface area contributed by atoms with Crippen molar-refractivity contribution in [3.05, 3.63) is 33.8 Å². The fourth-order valence-electron chi connectivity index (χ4n) is 1.71. The van der Waals surface area contributed by atoms with Crippen LogP contribution >= 0.6 is 11.6 Å². The molecule has 2 nitrogen and oxygen atoms in total. The van der Waals surface area contributed by atoms with Crippen molar-refractivity contribution in [3.63, 3.8) is 0 Å². The van der Waals surface area contributed by atoms with Crippen molar-refractivity contribution >= 4 is 11.6 Å². The molecule has 0 aliphatic carbocycles. The van der Waals surface area contributed by atoms with Crippen LogP contribution in [0.1, 0.15) is 30.5 Å². The number of nitrogens with one attached hydrogen (secondary N) is 1. The Morgan fingerprint density at radius 2 is 1.75 bits per heavy atom. The van der Waals surface area contributed by atoms with E-state index in [0.29, 0.717) is 6.54 Å². The van der Waals surface area contributed by atoms with Crippen LogP contribution in [0.4, 0.5) is 0 Å². The van der Waals surface area contributed by atoms with Gasteiger partial charge in [-0.05, 0) is 56.5 Å². The van der Waals surface area contributed by atoms with Crippen molar-refractivity contribution in [2.24, 2.45) is 0 Å². The first-order valence-corrected chi connectivity index (χ1v) is 5.86. The summed E-state index contributed by atoms with van der Waals surface area (Å²) < 4.78 is 0. The van der Waals surface area contributed by atoms with Crippen molar-refractivity contribution in [2.75, 3.05) is 6.54 Å². The Kier molecular flexibility index (Phi) is 4.36. The van der Waals surface area contributed by atoms with Gasteiger partial charge in [-0.25, -0.2) is 0 Å². The summed E-state index contributed by atoms with van der Waals surface area (Å²) in [4.78, 5) is 0. The minimum Gasteiger partial charge on any atom is -0.389 e. The number of hydrogen-bond acceptors (Lipinski definition) is 2. The fraction of sp³-hybridized carbons (Fsp3) is 0.538. The van der Waals surface area contributed by atoms with Gasteiger partial charge in [-0.2, -0.15) is 0 Å². The molecule has 0 unspecified atom stereocenters. The van der Waals surface area contributed by atoms with E-state index >= 15 is 0 Å². The molecule has 0 atom stereocenters. The molecular formula is C13H20ClNO. The van der Waals surface area contributed by atoms with Gasteiger partial charge in [0.05, 0.1) is 5.60 Å². The maximum atomic E-state index is 9.59. The first-order valence-electron chi connectivity index (χ1n) is 5.48. The lowest BCUT2D eigenvalue weighted by Crippen LogP contribution is -2.34. The summed E-state index contributed by atoms with van der Waals surface area (Å²) >= 11 is 5.97. The molecule has 0 fully saturated rings. The summed E-state index contributed by atoms with van der Waals surface area (Å²) in [6.45, 7) is 9.04. The van der Waals surface area contributed by atoms with Gasteiger partial charge >= 0.3 is 0 Å². The van der Waals surface area contributed by atoms with Crippen molar-refractivity contribution in [1.82, 2.24) is 5.32 Å². The third-order valence-corrected chi connectivity index (χ3v) is 2.74. The minimum atomic E-state index is -0.672. The highest BCUT2D eigenvalue weighted by Crippen LogP contribution is 2.19. The van der Waals surface area contributed by atoms with Crippen LogP contribution in [0.2, 0.25) is 5.02 Å². The zero-order chi connectivity index (χ0) is 12.3. The van der Waals surface area contributed by atoms with E-state index in [1.807, 2.05) is 12.1 Å². The quantitative estimate of drug-likeness (QED) is 0.850. The molecule has 0 spiro atoms. The largest absolute Gasteiger partial charge is 0.389 e. The summed E-state index contributed by atoms with van der Waals surface area (Å²) in [5.74, 6) is 0. The zero-order valence-corrected chi connectivity index (χ0v) is 11.2. The lowest BCUT2D eigenvalue weighted by atomic mass is 10.0. The first-order chi connectivity index (χ1) is 7.29. The van der Waals surface area contributed by atoms with E-state index in [4.69, 9.17) is 11.6 Å². The number of aryl methyl sites for hydroxylation is 2. The van der Waals surface area contributed by atoms with Crippen LogP contribution in [0.5, 0.6) is 0 Å². The molecule has 3 heteroatoms. The van der Waals surface area contributed by atoms with Gasteiger partial charge in [-0.3, -0.25) is 0 Å². The molecule has 1 rings (SSSR count). The summed E-state index contributed by atoms with van der Waals surface area (Å²) in [6, 6.07) is 3.94. The summed E-state index contributed by atoms with van der Waals surface area (Å²) in [7, 11) is 0. The van der Waals surface area contributed by atoms with Crippen LogP contribution < -0.4 is 5.32 Å². The second-order valence-corrected chi connectivity index (χ2v) is 5.37. The van der Waals surface area contributed by atoms with E-state index < -0.39 is 5.60 Å². The predicted molar refractivity (Wildman–Crippen MR) is 68.9 cm³/mol. The van der Waals surface area contributed by atoms with Crippen LogP contribution in [0.25, 0.3) is 0 Å². The van der Waals surface area contributed by atoms with Crippen molar-refractivity contribution < 1.29 is 5.11 Å².